The Bertz CT molecular complexity index is 612. The lowest BCUT2D eigenvalue weighted by Crippen LogP contribution is -2.17. The number of esters is 4. The molecule has 0 fully saturated rings. The monoisotopic (exact) mass is 476 g/mol. The number of carbonyl (C=O) groups is 6. The summed E-state index contributed by atoms with van der Waals surface area (Å²) in [7, 11) is 0. The van der Waals surface area contributed by atoms with E-state index in [1.54, 1.807) is 0 Å². The second-order valence-electron chi connectivity index (χ2n) is 7.72. The summed E-state index contributed by atoms with van der Waals surface area (Å²) in [5.74, 6) is -2.93. The van der Waals surface area contributed by atoms with Gasteiger partial charge in [0.15, 0.2) is 0 Å². The fourth-order valence-electron chi connectivity index (χ4n) is 1.88. The van der Waals surface area contributed by atoms with Crippen LogP contribution in [-0.2, 0) is 47.6 Å². The molecule has 0 aliphatic rings. The van der Waals surface area contributed by atoms with Crippen LogP contribution in [0.2, 0.25) is 0 Å². The van der Waals surface area contributed by atoms with E-state index in [2.05, 4.69) is 28.4 Å². The average Bonchev–Trinajstić information content (AvgIpc) is 2.70. The molecule has 12 nitrogen and oxygen atoms in total. The Hall–Kier alpha value is -3.18. The van der Waals surface area contributed by atoms with Crippen molar-refractivity contribution < 1.29 is 57.2 Å². The molecular formula is C21H32O12. The van der Waals surface area contributed by atoms with Crippen LogP contribution in [0.1, 0.15) is 66.2 Å². The number of hydrogen-bond acceptors (Lipinski definition) is 12. The number of ether oxygens (including phenoxy) is 6. The molecule has 0 spiro atoms. The van der Waals surface area contributed by atoms with Crippen LogP contribution in [-0.4, -0.2) is 56.2 Å². The molecule has 0 aromatic carbocycles. The first-order valence-corrected chi connectivity index (χ1v) is 10.6. The molecule has 0 unspecified atom stereocenters. The minimum atomic E-state index is -1.09. The third-order valence-electron chi connectivity index (χ3n) is 3.43. The lowest BCUT2D eigenvalue weighted by molar-refractivity contribution is -0.167. The summed E-state index contributed by atoms with van der Waals surface area (Å²) in [5.41, 5.74) is 0. The molecule has 33 heavy (non-hydrogen) atoms. The van der Waals surface area contributed by atoms with Crippen LogP contribution in [0.3, 0.4) is 0 Å². The van der Waals surface area contributed by atoms with Crippen molar-refractivity contribution in [2.45, 2.75) is 66.2 Å². The largest absolute Gasteiger partial charge is 0.516 e. The quantitative estimate of drug-likeness (QED) is 0.156. The van der Waals surface area contributed by atoms with E-state index in [4.69, 9.17) is 0 Å². The van der Waals surface area contributed by atoms with E-state index < -0.39 is 43.0 Å². The molecule has 0 radical (unpaired) electrons. The van der Waals surface area contributed by atoms with Gasteiger partial charge in [-0.25, -0.2) is 9.59 Å². The van der Waals surface area contributed by atoms with Crippen LogP contribution in [0.5, 0.6) is 0 Å². The summed E-state index contributed by atoms with van der Waals surface area (Å²) < 4.78 is 27.6. The van der Waals surface area contributed by atoms with Crippen molar-refractivity contribution in [1.29, 1.82) is 0 Å². The van der Waals surface area contributed by atoms with Crippen molar-refractivity contribution in [3.8, 4) is 0 Å². The van der Waals surface area contributed by atoms with Gasteiger partial charge in [-0.3, -0.25) is 19.2 Å². The predicted molar refractivity (Wildman–Crippen MR) is 109 cm³/mol. The second-order valence-corrected chi connectivity index (χ2v) is 7.72. The van der Waals surface area contributed by atoms with Gasteiger partial charge in [-0.15, -0.1) is 0 Å². The molecular weight excluding hydrogens is 444 g/mol. The third kappa shape index (κ3) is 19.2. The number of carbonyl (C=O) groups excluding carboxylic acids is 6. The van der Waals surface area contributed by atoms with Crippen LogP contribution in [0.4, 0.5) is 9.59 Å². The maximum Gasteiger partial charge on any atom is 0.516 e. The molecule has 0 atom stereocenters. The van der Waals surface area contributed by atoms with Crippen LogP contribution in [0.25, 0.3) is 0 Å². The summed E-state index contributed by atoms with van der Waals surface area (Å²) in [6.07, 6.45) is -2.79. The van der Waals surface area contributed by atoms with Crippen molar-refractivity contribution in [3.05, 3.63) is 0 Å². The molecule has 0 aromatic rings. The van der Waals surface area contributed by atoms with E-state index in [1.165, 1.54) is 0 Å². The molecule has 188 valence electrons. The summed E-state index contributed by atoms with van der Waals surface area (Å²) in [5, 5.41) is 0. The fourth-order valence-corrected chi connectivity index (χ4v) is 1.88. The van der Waals surface area contributed by atoms with Crippen LogP contribution in [0.15, 0.2) is 0 Å². The van der Waals surface area contributed by atoms with Crippen molar-refractivity contribution >= 4 is 36.2 Å². The molecule has 0 rings (SSSR count). The lowest BCUT2D eigenvalue weighted by Gasteiger charge is -2.08. The summed E-state index contributed by atoms with van der Waals surface area (Å²) in [6.45, 7) is 6.90. The van der Waals surface area contributed by atoms with Gasteiger partial charge in [0, 0.05) is 25.7 Å². The van der Waals surface area contributed by atoms with Crippen molar-refractivity contribution in [3.63, 3.8) is 0 Å². The first kappa shape index (κ1) is 29.8. The zero-order valence-corrected chi connectivity index (χ0v) is 19.4. The highest BCUT2D eigenvalue weighted by Gasteiger charge is 2.15. The maximum atomic E-state index is 11.5. The molecule has 0 N–H and O–H groups in total. The zero-order chi connectivity index (χ0) is 25.2. The molecule has 0 aromatic heterocycles. The van der Waals surface area contributed by atoms with Crippen molar-refractivity contribution in [2.75, 3.05) is 20.0 Å². The molecule has 12 heteroatoms. The van der Waals surface area contributed by atoms with Gasteiger partial charge in [0.1, 0.15) is 0 Å². The Labute approximate surface area is 192 Å². The van der Waals surface area contributed by atoms with Gasteiger partial charge >= 0.3 is 36.2 Å². The van der Waals surface area contributed by atoms with Crippen LogP contribution >= 0.6 is 0 Å². The molecule has 0 saturated heterocycles. The van der Waals surface area contributed by atoms with E-state index in [0.717, 1.165) is 0 Å². The molecule has 0 heterocycles. The number of hydrogen-bond donors (Lipinski definition) is 0. The fraction of sp³-hybridized carbons (Fsp3) is 0.714. The van der Waals surface area contributed by atoms with Gasteiger partial charge < -0.3 is 28.4 Å². The van der Waals surface area contributed by atoms with E-state index in [0.29, 0.717) is 0 Å². The van der Waals surface area contributed by atoms with Gasteiger partial charge in [-0.2, -0.15) is 0 Å². The SMILES string of the molecule is CC(C)COC(=O)OC(=O)CCCC(=O)OCOC(=O)CCCC(=O)OC(=O)OCC(C)C. The zero-order valence-electron chi connectivity index (χ0n) is 19.4. The Morgan fingerprint density at radius 1 is 0.515 bits per heavy atom. The second kappa shape index (κ2) is 17.4. The highest BCUT2D eigenvalue weighted by atomic mass is 16.7. The van der Waals surface area contributed by atoms with Gasteiger partial charge in [-0.05, 0) is 24.7 Å². The third-order valence-corrected chi connectivity index (χ3v) is 3.43. The van der Waals surface area contributed by atoms with E-state index >= 15 is 0 Å². The summed E-state index contributed by atoms with van der Waals surface area (Å²) >= 11 is 0. The number of rotatable bonds is 14. The first-order valence-electron chi connectivity index (χ1n) is 10.6. The summed E-state index contributed by atoms with van der Waals surface area (Å²) in [6, 6.07) is 0. The Morgan fingerprint density at radius 3 is 1.18 bits per heavy atom. The van der Waals surface area contributed by atoms with Gasteiger partial charge in [0.25, 0.3) is 0 Å². The Balaban J connectivity index is 3.79. The van der Waals surface area contributed by atoms with Crippen molar-refractivity contribution in [2.24, 2.45) is 11.8 Å². The Morgan fingerprint density at radius 2 is 0.848 bits per heavy atom. The molecule has 0 saturated carbocycles. The topological polar surface area (TPSA) is 158 Å². The standard InChI is InChI=1S/C21H32O12/c1-14(2)11-28-20(26)32-18(24)9-5-7-16(22)30-13-31-17(23)8-6-10-19(25)33-21(27)29-12-15(3)4/h14-15H,5-13H2,1-4H3. The van der Waals surface area contributed by atoms with Gasteiger partial charge in [-0.1, -0.05) is 27.7 Å². The van der Waals surface area contributed by atoms with Crippen molar-refractivity contribution in [1.82, 2.24) is 0 Å². The van der Waals surface area contributed by atoms with E-state index in [-0.39, 0.29) is 63.6 Å². The van der Waals surface area contributed by atoms with Crippen LogP contribution < -0.4 is 0 Å². The molecule has 0 aliphatic heterocycles. The highest BCUT2D eigenvalue weighted by Crippen LogP contribution is 2.04. The van der Waals surface area contributed by atoms with Gasteiger partial charge in [0.05, 0.1) is 13.2 Å². The minimum absolute atomic E-state index is 0.0603. The lowest BCUT2D eigenvalue weighted by atomic mass is 10.2. The van der Waals surface area contributed by atoms with E-state index in [1.807, 2.05) is 27.7 Å². The minimum Gasteiger partial charge on any atom is -0.434 e. The smallest absolute Gasteiger partial charge is 0.434 e. The first-order chi connectivity index (χ1) is 15.5. The predicted octanol–water partition coefficient (Wildman–Crippen LogP) is 3.04. The molecule has 0 bridgehead atoms. The van der Waals surface area contributed by atoms with Crippen LogP contribution in [0, 0.1) is 11.8 Å². The Kier molecular flexibility index (Phi) is 15.7. The maximum absolute atomic E-state index is 11.5. The highest BCUT2D eigenvalue weighted by molar-refractivity contribution is 5.82. The average molecular weight is 476 g/mol. The summed E-state index contributed by atoms with van der Waals surface area (Å²) in [4.78, 5) is 68.4. The normalized spacial score (nSPS) is 10.4. The molecule has 0 aliphatic carbocycles. The van der Waals surface area contributed by atoms with E-state index in [9.17, 15) is 28.8 Å². The molecule has 0 amide bonds. The van der Waals surface area contributed by atoms with Gasteiger partial charge in [0.2, 0.25) is 6.79 Å².